The molecule has 0 aromatic heterocycles. The van der Waals surface area contributed by atoms with Crippen molar-refractivity contribution in [2.75, 3.05) is 26.4 Å². The summed E-state index contributed by atoms with van der Waals surface area (Å²) in [5, 5.41) is 35.1. The van der Waals surface area contributed by atoms with Crippen LogP contribution in [0.25, 0.3) is 0 Å². The third-order valence-corrected chi connectivity index (χ3v) is 2.81. The molecule has 4 N–H and O–H groups in total. The van der Waals surface area contributed by atoms with E-state index in [4.69, 9.17) is 29.9 Å². The normalized spacial score (nSPS) is 13.5. The highest BCUT2D eigenvalue weighted by atomic mass is 16.5. The molecular weight excluding hydrogens is 296 g/mol. The van der Waals surface area contributed by atoms with Gasteiger partial charge in [-0.05, 0) is 12.8 Å². The highest BCUT2D eigenvalue weighted by molar-refractivity contribution is 5.69. The number of ether oxygens (including phenoxy) is 2. The minimum Gasteiger partial charge on any atom is -0.463 e. The summed E-state index contributed by atoms with van der Waals surface area (Å²) in [4.78, 5) is 22.5. The fraction of sp³-hybridized carbons (Fsp3) is 0.857. The average molecular weight is 322 g/mol. The number of carbonyl (C=O) groups is 2. The maximum absolute atomic E-state index is 11.2. The number of rotatable bonds is 13. The maximum atomic E-state index is 11.2. The summed E-state index contributed by atoms with van der Waals surface area (Å²) in [6, 6.07) is 0. The van der Waals surface area contributed by atoms with Gasteiger partial charge in [-0.1, -0.05) is 12.8 Å². The fourth-order valence-electron chi connectivity index (χ4n) is 1.52. The first-order valence-electron chi connectivity index (χ1n) is 7.38. The average Bonchev–Trinajstić information content (AvgIpc) is 2.53. The van der Waals surface area contributed by atoms with E-state index >= 15 is 0 Å². The molecule has 8 nitrogen and oxygen atoms in total. The van der Waals surface area contributed by atoms with Crippen LogP contribution in [0.2, 0.25) is 0 Å². The second-order valence-corrected chi connectivity index (χ2v) is 4.95. The first-order chi connectivity index (χ1) is 10.5. The van der Waals surface area contributed by atoms with Crippen LogP contribution in [0.3, 0.4) is 0 Å². The summed E-state index contributed by atoms with van der Waals surface area (Å²) in [6.45, 7) is -1.31. The van der Waals surface area contributed by atoms with Gasteiger partial charge in [-0.2, -0.15) is 0 Å². The summed E-state index contributed by atoms with van der Waals surface area (Å²) in [6.07, 6.45) is 1.11. The zero-order valence-electron chi connectivity index (χ0n) is 12.6. The van der Waals surface area contributed by atoms with Crippen LogP contribution >= 0.6 is 0 Å². The number of hydrogen-bond acceptors (Lipinski definition) is 8. The van der Waals surface area contributed by atoms with Crippen LogP contribution < -0.4 is 0 Å². The molecule has 0 aromatic carbocycles. The Kier molecular flexibility index (Phi) is 12.7. The van der Waals surface area contributed by atoms with Gasteiger partial charge in [0.25, 0.3) is 0 Å². The van der Waals surface area contributed by atoms with Gasteiger partial charge in [0.1, 0.15) is 25.4 Å². The van der Waals surface area contributed by atoms with E-state index in [1.165, 1.54) is 0 Å². The van der Waals surface area contributed by atoms with Gasteiger partial charge in [0, 0.05) is 12.8 Å². The molecular formula is C14H26O8. The van der Waals surface area contributed by atoms with Crippen molar-refractivity contribution in [2.24, 2.45) is 0 Å². The van der Waals surface area contributed by atoms with Crippen molar-refractivity contribution in [2.45, 2.75) is 50.7 Å². The van der Waals surface area contributed by atoms with Crippen molar-refractivity contribution in [3.05, 3.63) is 0 Å². The van der Waals surface area contributed by atoms with Gasteiger partial charge in [0.2, 0.25) is 0 Å². The summed E-state index contributed by atoms with van der Waals surface area (Å²) < 4.78 is 9.47. The zero-order valence-corrected chi connectivity index (χ0v) is 12.6. The largest absolute Gasteiger partial charge is 0.463 e. The minimum absolute atomic E-state index is 0.207. The molecule has 0 aliphatic heterocycles. The molecule has 0 aromatic rings. The quantitative estimate of drug-likeness (QED) is 0.254. The van der Waals surface area contributed by atoms with Crippen LogP contribution in [-0.2, 0) is 19.1 Å². The highest BCUT2D eigenvalue weighted by Gasteiger charge is 2.09. The van der Waals surface area contributed by atoms with Gasteiger partial charge in [-0.15, -0.1) is 0 Å². The summed E-state index contributed by atoms with van der Waals surface area (Å²) in [7, 11) is 0. The Morgan fingerprint density at radius 1 is 0.727 bits per heavy atom. The van der Waals surface area contributed by atoms with E-state index in [1.54, 1.807) is 0 Å². The van der Waals surface area contributed by atoms with Gasteiger partial charge in [-0.3, -0.25) is 9.59 Å². The first-order valence-corrected chi connectivity index (χ1v) is 7.38. The second-order valence-electron chi connectivity index (χ2n) is 4.95. The van der Waals surface area contributed by atoms with E-state index in [2.05, 4.69) is 0 Å². The molecule has 0 bridgehead atoms. The maximum Gasteiger partial charge on any atom is 0.305 e. The molecule has 8 heteroatoms. The Bertz CT molecular complexity index is 277. The van der Waals surface area contributed by atoms with Crippen molar-refractivity contribution in [3.8, 4) is 0 Å². The molecule has 2 unspecified atom stereocenters. The summed E-state index contributed by atoms with van der Waals surface area (Å²) in [5.41, 5.74) is 0. The molecule has 2 atom stereocenters. The van der Waals surface area contributed by atoms with E-state index in [9.17, 15) is 9.59 Å². The molecule has 0 radical (unpaired) electrons. The molecule has 0 aliphatic carbocycles. The van der Waals surface area contributed by atoms with Gasteiger partial charge in [-0.25, -0.2) is 0 Å². The topological polar surface area (TPSA) is 134 Å². The van der Waals surface area contributed by atoms with Crippen LogP contribution in [0.5, 0.6) is 0 Å². The first kappa shape index (κ1) is 20.8. The summed E-state index contributed by atoms with van der Waals surface area (Å²) >= 11 is 0. The van der Waals surface area contributed by atoms with Gasteiger partial charge in [0.15, 0.2) is 0 Å². The fourth-order valence-corrected chi connectivity index (χ4v) is 1.52. The van der Waals surface area contributed by atoms with Crippen LogP contribution in [0.1, 0.15) is 38.5 Å². The van der Waals surface area contributed by atoms with E-state index in [0.29, 0.717) is 12.8 Å². The molecule has 0 amide bonds. The third-order valence-electron chi connectivity index (χ3n) is 2.81. The van der Waals surface area contributed by atoms with Crippen molar-refractivity contribution in [1.29, 1.82) is 0 Å². The van der Waals surface area contributed by atoms with Gasteiger partial charge >= 0.3 is 11.9 Å². The van der Waals surface area contributed by atoms with Crippen molar-refractivity contribution >= 4 is 11.9 Å². The smallest absolute Gasteiger partial charge is 0.305 e. The number of hydrogen-bond donors (Lipinski definition) is 4. The monoisotopic (exact) mass is 322 g/mol. The van der Waals surface area contributed by atoms with E-state index < -0.39 is 37.4 Å². The number of esters is 2. The number of aliphatic hydroxyl groups is 4. The third kappa shape index (κ3) is 12.5. The predicted octanol–water partition coefficient (Wildman–Crippen LogP) is -0.880. The standard InChI is InChI=1S/C14H26O8/c15-7-11(17)9-21-13(19)5-3-1-2-4-6-14(20)22-10-12(18)8-16/h11-12,15-18H,1-10H2. The lowest BCUT2D eigenvalue weighted by Gasteiger charge is -2.09. The summed E-state index contributed by atoms with van der Waals surface area (Å²) in [5.74, 6) is -0.852. The number of carbonyl (C=O) groups excluding carboxylic acids is 2. The molecule has 0 saturated carbocycles. The predicted molar refractivity (Wildman–Crippen MR) is 75.8 cm³/mol. The Morgan fingerprint density at radius 3 is 1.41 bits per heavy atom. The molecule has 22 heavy (non-hydrogen) atoms. The Labute approximate surface area is 129 Å². The van der Waals surface area contributed by atoms with E-state index in [-0.39, 0.29) is 26.1 Å². The number of aliphatic hydroxyl groups excluding tert-OH is 4. The van der Waals surface area contributed by atoms with Crippen LogP contribution in [0, 0.1) is 0 Å². The molecule has 0 fully saturated rings. The Morgan fingerprint density at radius 2 is 1.09 bits per heavy atom. The Hall–Kier alpha value is -1.22. The minimum atomic E-state index is -1.04. The second kappa shape index (κ2) is 13.4. The Balaban J connectivity index is 3.42. The van der Waals surface area contributed by atoms with Crippen LogP contribution in [-0.4, -0.2) is 71.0 Å². The lowest BCUT2D eigenvalue weighted by atomic mass is 10.1. The van der Waals surface area contributed by atoms with Gasteiger partial charge < -0.3 is 29.9 Å². The van der Waals surface area contributed by atoms with Crippen molar-refractivity contribution < 1.29 is 39.5 Å². The van der Waals surface area contributed by atoms with Crippen molar-refractivity contribution in [1.82, 2.24) is 0 Å². The number of unbranched alkanes of at least 4 members (excludes halogenated alkanes) is 3. The van der Waals surface area contributed by atoms with E-state index in [0.717, 1.165) is 12.8 Å². The lowest BCUT2D eigenvalue weighted by Crippen LogP contribution is -2.21. The molecule has 0 rings (SSSR count). The van der Waals surface area contributed by atoms with E-state index in [1.807, 2.05) is 0 Å². The lowest BCUT2D eigenvalue weighted by molar-refractivity contribution is -0.148. The zero-order chi connectivity index (χ0) is 16.8. The van der Waals surface area contributed by atoms with Crippen molar-refractivity contribution in [3.63, 3.8) is 0 Å². The molecule has 0 aliphatic rings. The van der Waals surface area contributed by atoms with Crippen LogP contribution in [0.4, 0.5) is 0 Å². The molecule has 130 valence electrons. The van der Waals surface area contributed by atoms with Crippen LogP contribution in [0.15, 0.2) is 0 Å². The molecule has 0 heterocycles. The van der Waals surface area contributed by atoms with Gasteiger partial charge in [0.05, 0.1) is 13.2 Å². The SMILES string of the molecule is O=C(CCCCCCC(=O)OCC(O)CO)OCC(O)CO. The highest BCUT2D eigenvalue weighted by Crippen LogP contribution is 2.07. The molecule has 0 saturated heterocycles. The molecule has 0 spiro atoms.